The van der Waals surface area contributed by atoms with Crippen LogP contribution in [0.3, 0.4) is 0 Å². The van der Waals surface area contributed by atoms with Gasteiger partial charge in [0.2, 0.25) is 0 Å². The van der Waals surface area contributed by atoms with Gasteiger partial charge in [-0.2, -0.15) is 0 Å². The zero-order chi connectivity index (χ0) is 37.8. The van der Waals surface area contributed by atoms with E-state index in [1.807, 2.05) is 56.0 Å². The van der Waals surface area contributed by atoms with Gasteiger partial charge in [-0.1, -0.05) is 51.1 Å². The van der Waals surface area contributed by atoms with Crippen LogP contribution in [0.4, 0.5) is 29.1 Å². The number of nitrogens with zero attached hydrogens (tertiary/aromatic N) is 6. The Kier molecular flexibility index (Phi) is 11.6. The highest BCUT2D eigenvalue weighted by atomic mass is 28.4. The summed E-state index contributed by atoms with van der Waals surface area (Å²) < 4.78 is 74.8. The molecule has 0 bridgehead atoms. The summed E-state index contributed by atoms with van der Waals surface area (Å²) in [4.78, 5) is 19.5. The third kappa shape index (κ3) is 7.87. The molecule has 10 nitrogen and oxygen atoms in total. The summed E-state index contributed by atoms with van der Waals surface area (Å²) in [5.74, 6) is -1.46. The van der Waals surface area contributed by atoms with Crippen molar-refractivity contribution in [3.8, 4) is 17.0 Å². The van der Waals surface area contributed by atoms with Crippen molar-refractivity contribution in [2.45, 2.75) is 82.9 Å². The van der Waals surface area contributed by atoms with Gasteiger partial charge in [0.25, 0.3) is 6.43 Å². The largest absolute Gasteiger partial charge is 0.494 e. The second-order valence-corrected chi connectivity index (χ2v) is 18.3. The summed E-state index contributed by atoms with van der Waals surface area (Å²) in [6.45, 7) is 7.40. The Morgan fingerprint density at radius 1 is 0.981 bits per heavy atom. The predicted molar refractivity (Wildman–Crippen MR) is 201 cm³/mol. The summed E-state index contributed by atoms with van der Waals surface area (Å²) in [5, 5.41) is 3.59. The topological polar surface area (TPSA) is 116 Å². The van der Waals surface area contributed by atoms with Crippen molar-refractivity contribution in [1.82, 2.24) is 29.8 Å². The molecular formula is C38H46F4N8O2Si. The van der Waals surface area contributed by atoms with Gasteiger partial charge in [-0.3, -0.25) is 4.98 Å². The second kappa shape index (κ2) is 16.2. The third-order valence-corrected chi connectivity index (χ3v) is 15.3. The first-order chi connectivity index (χ1) is 25.6. The molecule has 0 radical (unpaired) electrons. The number of halogens is 4. The SMILES string of the molecule is CC[Si](CC)(CC)O[C@H](C(F)F)[C@@]1(NCc2ccccc2)CCCN(c2cnc(-c3cc(F)c(OC)cc3F)cc2Cn2cnc3c(N)ncnc32)C1. The Morgan fingerprint density at radius 3 is 2.43 bits per heavy atom. The maximum atomic E-state index is 15.5. The first-order valence-electron chi connectivity index (χ1n) is 18.0. The fourth-order valence-corrected chi connectivity index (χ4v) is 10.3. The van der Waals surface area contributed by atoms with E-state index in [-0.39, 0.29) is 35.9 Å². The lowest BCUT2D eigenvalue weighted by atomic mass is 9.82. The molecule has 0 spiro atoms. The molecule has 3 aromatic heterocycles. The van der Waals surface area contributed by atoms with Gasteiger partial charge in [0.15, 0.2) is 31.3 Å². The van der Waals surface area contributed by atoms with Crippen LogP contribution in [0.25, 0.3) is 22.4 Å². The van der Waals surface area contributed by atoms with E-state index in [0.717, 1.165) is 35.8 Å². The first-order valence-corrected chi connectivity index (χ1v) is 20.5. The van der Waals surface area contributed by atoms with Crippen LogP contribution in [0.1, 0.15) is 44.7 Å². The lowest BCUT2D eigenvalue weighted by Crippen LogP contribution is -2.67. The number of hydrogen-bond donors (Lipinski definition) is 2. The van der Waals surface area contributed by atoms with Gasteiger partial charge < -0.3 is 29.7 Å². The molecule has 4 heterocycles. The molecule has 6 rings (SSSR count). The van der Waals surface area contributed by atoms with Crippen LogP contribution in [0.2, 0.25) is 18.1 Å². The molecule has 3 N–H and O–H groups in total. The number of nitrogen functional groups attached to an aromatic ring is 1. The third-order valence-electron chi connectivity index (χ3n) is 10.7. The molecule has 0 aliphatic carbocycles. The van der Waals surface area contributed by atoms with Gasteiger partial charge >= 0.3 is 0 Å². The molecule has 2 aromatic carbocycles. The molecule has 1 saturated heterocycles. The summed E-state index contributed by atoms with van der Waals surface area (Å²) in [6, 6.07) is 15.6. The minimum atomic E-state index is -2.75. The number of alkyl halides is 2. The van der Waals surface area contributed by atoms with Crippen LogP contribution in [0.5, 0.6) is 5.75 Å². The van der Waals surface area contributed by atoms with Gasteiger partial charge in [-0.15, -0.1) is 0 Å². The Balaban J connectivity index is 1.45. The molecule has 0 saturated carbocycles. The summed E-state index contributed by atoms with van der Waals surface area (Å²) in [6.07, 6.45) is 1.47. The van der Waals surface area contributed by atoms with Crippen molar-refractivity contribution in [2.75, 3.05) is 30.8 Å². The van der Waals surface area contributed by atoms with E-state index in [4.69, 9.17) is 14.9 Å². The molecule has 282 valence electrons. The second-order valence-electron chi connectivity index (χ2n) is 13.6. The zero-order valence-corrected chi connectivity index (χ0v) is 31.5. The van der Waals surface area contributed by atoms with Crippen LogP contribution >= 0.6 is 0 Å². The minimum Gasteiger partial charge on any atom is -0.494 e. The van der Waals surface area contributed by atoms with E-state index < -0.39 is 38.0 Å². The highest BCUT2D eigenvalue weighted by Crippen LogP contribution is 2.39. The smallest absolute Gasteiger partial charge is 0.264 e. The molecule has 0 amide bonds. The Bertz CT molecular complexity index is 2010. The van der Waals surface area contributed by atoms with Crippen LogP contribution in [0.15, 0.2) is 67.4 Å². The van der Waals surface area contributed by atoms with Crippen molar-refractivity contribution in [3.05, 3.63) is 90.1 Å². The van der Waals surface area contributed by atoms with Crippen molar-refractivity contribution >= 4 is 31.0 Å². The highest BCUT2D eigenvalue weighted by Gasteiger charge is 2.50. The lowest BCUT2D eigenvalue weighted by Gasteiger charge is -2.50. The number of benzene rings is 2. The van der Waals surface area contributed by atoms with Crippen molar-refractivity contribution in [2.24, 2.45) is 0 Å². The van der Waals surface area contributed by atoms with Gasteiger partial charge in [0, 0.05) is 31.3 Å². The molecule has 53 heavy (non-hydrogen) atoms. The number of piperidine rings is 1. The number of ether oxygens (including phenoxy) is 1. The maximum absolute atomic E-state index is 15.5. The standard InChI is InChI=1S/C38H46F4N8O2Si/c1-5-53(6-2,7-3)52-34(35(41)42)38(48-19-25-12-9-8-10-13-25)14-11-15-49(22-38)31-20-44-30(27-17-29(40)32(51-4)18-28(27)39)16-26(31)21-50-24-47-33-36(43)45-23-46-37(33)50/h8-10,12-13,16-18,20,23-24,34-35,48H,5-7,11,14-15,19,21-22H2,1-4H3,(H2,43,45,46)/t34-,38-/m1/s1. The van der Waals surface area contributed by atoms with Gasteiger partial charge in [0.1, 0.15) is 23.8 Å². The molecule has 5 aromatic rings. The van der Waals surface area contributed by atoms with E-state index in [2.05, 4.69) is 25.3 Å². The van der Waals surface area contributed by atoms with Crippen LogP contribution in [-0.4, -0.2) is 71.1 Å². The lowest BCUT2D eigenvalue weighted by molar-refractivity contribution is -0.0565. The molecular weight excluding hydrogens is 705 g/mol. The van der Waals surface area contributed by atoms with Gasteiger partial charge in [-0.05, 0) is 54.2 Å². The molecule has 1 fully saturated rings. The predicted octanol–water partition coefficient (Wildman–Crippen LogP) is 7.59. The monoisotopic (exact) mass is 750 g/mol. The number of fused-ring (bicyclic) bond motifs is 1. The van der Waals surface area contributed by atoms with Crippen molar-refractivity contribution in [3.63, 3.8) is 0 Å². The number of rotatable bonds is 15. The van der Waals surface area contributed by atoms with Crippen molar-refractivity contribution < 1.29 is 26.7 Å². The Labute approximate surface area is 307 Å². The fraction of sp³-hybridized carbons (Fsp3) is 0.421. The number of methoxy groups -OCH3 is 1. The maximum Gasteiger partial charge on any atom is 0.264 e. The number of hydrogen-bond acceptors (Lipinski definition) is 9. The van der Waals surface area contributed by atoms with Crippen LogP contribution in [0, 0.1) is 11.6 Å². The number of imidazole rings is 1. The van der Waals surface area contributed by atoms with E-state index in [1.54, 1.807) is 23.2 Å². The van der Waals surface area contributed by atoms with E-state index in [9.17, 15) is 4.39 Å². The minimum absolute atomic E-state index is 0.0539. The first kappa shape index (κ1) is 38.1. The number of nitrogens with one attached hydrogen (secondary N) is 1. The average molecular weight is 751 g/mol. The van der Waals surface area contributed by atoms with Gasteiger partial charge in [0.05, 0.1) is 43.1 Å². The molecule has 2 atom stereocenters. The van der Waals surface area contributed by atoms with Crippen molar-refractivity contribution in [1.29, 1.82) is 0 Å². The van der Waals surface area contributed by atoms with E-state index >= 15 is 13.2 Å². The molecule has 1 aliphatic rings. The zero-order valence-electron chi connectivity index (χ0n) is 30.5. The Hall–Kier alpha value is -4.60. The summed E-state index contributed by atoms with van der Waals surface area (Å²) in [5.41, 5.74) is 8.25. The summed E-state index contributed by atoms with van der Waals surface area (Å²) in [7, 11) is -1.23. The van der Waals surface area contributed by atoms with Crippen LogP contribution in [-0.2, 0) is 17.5 Å². The normalized spacial score (nSPS) is 17.1. The molecule has 15 heteroatoms. The van der Waals surface area contributed by atoms with E-state index in [0.29, 0.717) is 48.3 Å². The summed E-state index contributed by atoms with van der Waals surface area (Å²) >= 11 is 0. The number of anilines is 2. The van der Waals surface area contributed by atoms with E-state index in [1.165, 1.54) is 13.4 Å². The fourth-order valence-electron chi connectivity index (χ4n) is 7.44. The number of pyridine rings is 1. The Morgan fingerprint density at radius 2 is 1.74 bits per heavy atom. The number of nitrogens with two attached hydrogens (primary N) is 1. The molecule has 0 unspecified atom stereocenters. The number of aromatic nitrogens is 5. The van der Waals surface area contributed by atoms with Crippen LogP contribution < -0.4 is 20.7 Å². The van der Waals surface area contributed by atoms with Gasteiger partial charge in [-0.25, -0.2) is 32.5 Å². The highest BCUT2D eigenvalue weighted by molar-refractivity contribution is 6.73. The quantitative estimate of drug-likeness (QED) is 0.0825. The average Bonchev–Trinajstić information content (AvgIpc) is 3.59. The molecule has 1 aliphatic heterocycles.